The molecule has 0 bridgehead atoms. The van der Waals surface area contributed by atoms with Crippen molar-refractivity contribution in [3.63, 3.8) is 0 Å². The smallest absolute Gasteiger partial charge is 0.0701 e. The summed E-state index contributed by atoms with van der Waals surface area (Å²) < 4.78 is 15.6. The predicted octanol–water partition coefficient (Wildman–Crippen LogP) is 1.33. The molecule has 0 aromatic heterocycles. The Morgan fingerprint density at radius 1 is 0.875 bits per heavy atom. The zero-order valence-corrected chi connectivity index (χ0v) is 12.9. The second-order valence-electron chi connectivity index (χ2n) is 3.09. The van der Waals surface area contributed by atoms with Crippen LogP contribution in [0.1, 0.15) is 26.2 Å². The van der Waals surface area contributed by atoms with Crippen molar-refractivity contribution in [3.8, 4) is 0 Å². The van der Waals surface area contributed by atoms with E-state index in [0.29, 0.717) is 39.5 Å². The van der Waals surface area contributed by atoms with Crippen LogP contribution in [0.4, 0.5) is 0 Å². The molecule has 0 heterocycles. The minimum atomic E-state index is 0. The van der Waals surface area contributed by atoms with E-state index in [4.69, 9.17) is 14.2 Å². The van der Waals surface area contributed by atoms with Crippen LogP contribution in [-0.4, -0.2) is 45.9 Å². The molecule has 5 heteroatoms. The summed E-state index contributed by atoms with van der Waals surface area (Å²) in [5.41, 5.74) is 0. The molecule has 93 valence electrons. The molecule has 0 aliphatic heterocycles. The molecule has 0 saturated carbocycles. The van der Waals surface area contributed by atoms with E-state index in [0.717, 1.165) is 19.4 Å². The molecule has 0 amide bonds. The first kappa shape index (κ1) is 19.0. The summed E-state index contributed by atoms with van der Waals surface area (Å²) in [5.74, 6) is 0. The molecule has 0 aromatic rings. The van der Waals surface area contributed by atoms with Gasteiger partial charge in [-0.15, -0.1) is 6.42 Å². The van der Waals surface area contributed by atoms with Crippen molar-refractivity contribution in [1.29, 1.82) is 0 Å². The van der Waals surface area contributed by atoms with Gasteiger partial charge in [-0.2, -0.15) is 0 Å². The van der Waals surface area contributed by atoms with E-state index >= 15 is 0 Å². The Bertz CT molecular complexity index is 133. The van der Waals surface area contributed by atoms with Gasteiger partial charge in [0.25, 0.3) is 0 Å². The van der Waals surface area contributed by atoms with Gasteiger partial charge in [0.05, 0.1) is 26.4 Å². The van der Waals surface area contributed by atoms with Crippen molar-refractivity contribution >= 4 is 6.29 Å². The van der Waals surface area contributed by atoms with Crippen molar-refractivity contribution in [2.75, 3.05) is 39.6 Å². The molecule has 0 spiro atoms. The molecule has 0 unspecified atom stereocenters. The summed E-state index contributed by atoms with van der Waals surface area (Å²) in [4.78, 5) is 9.81. The fourth-order valence-electron chi connectivity index (χ4n) is 0.902. The summed E-state index contributed by atoms with van der Waals surface area (Å²) in [6.45, 7) is 5.70. The molecular weight excluding hydrogens is 285 g/mol. The van der Waals surface area contributed by atoms with Crippen molar-refractivity contribution in [2.24, 2.45) is 0 Å². The van der Waals surface area contributed by atoms with Gasteiger partial charge < -0.3 is 19.0 Å². The summed E-state index contributed by atoms with van der Waals surface area (Å²) in [6.07, 6.45) is 4.35. The molecule has 0 saturated heterocycles. The first-order chi connectivity index (χ1) is 7.41. The second-order valence-corrected chi connectivity index (χ2v) is 3.09. The first-order valence-electron chi connectivity index (χ1n) is 5.50. The molecule has 16 heavy (non-hydrogen) atoms. The van der Waals surface area contributed by atoms with Crippen LogP contribution in [0.25, 0.3) is 0 Å². The van der Waals surface area contributed by atoms with Gasteiger partial charge in [-0.25, -0.2) is 0 Å². The molecule has 1 radical (unpaired) electrons. The number of ether oxygens (including phenoxy) is 3. The summed E-state index contributed by atoms with van der Waals surface area (Å²) in [6, 6.07) is 0. The monoisotopic (exact) mass is 306 g/mol. The van der Waals surface area contributed by atoms with Gasteiger partial charge in [0, 0.05) is 45.9 Å². The third kappa shape index (κ3) is 17.1. The number of rotatable bonds is 12. The van der Waals surface area contributed by atoms with Crippen molar-refractivity contribution in [2.45, 2.75) is 26.2 Å². The normalized spacial score (nSPS) is 9.81. The predicted molar refractivity (Wildman–Crippen MR) is 57.7 cm³/mol. The first-order valence-corrected chi connectivity index (χ1v) is 5.50. The zero-order valence-electron chi connectivity index (χ0n) is 10.1. The van der Waals surface area contributed by atoms with Crippen LogP contribution >= 0.6 is 0 Å². The Labute approximate surface area is 123 Å². The molecule has 0 rings (SSSR count). The average Bonchev–Trinajstić information content (AvgIpc) is 2.26. The number of hydrogen-bond donors (Lipinski definition) is 0. The maximum absolute atomic E-state index is 9.81. The van der Waals surface area contributed by atoms with Gasteiger partial charge >= 0.3 is 0 Å². The maximum atomic E-state index is 9.81. The third-order valence-corrected chi connectivity index (χ3v) is 1.73. The molecule has 0 atom stereocenters. The topological polar surface area (TPSA) is 44.8 Å². The Morgan fingerprint density at radius 2 is 1.38 bits per heavy atom. The molecular formula is C11H21O4Y-. The minimum Gasteiger partial charge on any atom is -0.542 e. The van der Waals surface area contributed by atoms with Gasteiger partial charge in [-0.1, -0.05) is 13.3 Å². The fraction of sp³-hybridized carbons (Fsp3) is 0.909. The van der Waals surface area contributed by atoms with E-state index in [2.05, 4.69) is 6.92 Å². The standard InChI is InChI=1S/C11H21O4.Y/c1-2-3-6-13-8-10-15-11-9-14-7-4-5-12;/h2-4,6-11H2,1H3;/q-1;. The molecule has 0 fully saturated rings. The Kier molecular flexibility index (Phi) is 21.4. The van der Waals surface area contributed by atoms with Crippen LogP contribution in [0.15, 0.2) is 0 Å². The van der Waals surface area contributed by atoms with Gasteiger partial charge in [0.2, 0.25) is 0 Å². The van der Waals surface area contributed by atoms with Crippen LogP contribution < -0.4 is 0 Å². The third-order valence-electron chi connectivity index (χ3n) is 1.73. The summed E-state index contributed by atoms with van der Waals surface area (Å²) in [5, 5.41) is 0. The van der Waals surface area contributed by atoms with Crippen molar-refractivity contribution in [1.82, 2.24) is 0 Å². The Balaban J connectivity index is 0. The minimum absolute atomic E-state index is 0. The second kappa shape index (κ2) is 18.0. The Hall–Kier alpha value is 0.654. The SMILES string of the molecule is CCCCOCCOCCOCC[C-]=O.[Y]. The molecule has 4 nitrogen and oxygen atoms in total. The van der Waals surface area contributed by atoms with Crippen molar-refractivity contribution < 1.29 is 51.7 Å². The van der Waals surface area contributed by atoms with Gasteiger partial charge in [-0.3, -0.25) is 6.29 Å². The van der Waals surface area contributed by atoms with E-state index in [1.165, 1.54) is 0 Å². The largest absolute Gasteiger partial charge is 0.542 e. The Morgan fingerprint density at radius 3 is 1.88 bits per heavy atom. The van der Waals surface area contributed by atoms with Crippen LogP contribution in [0, 0.1) is 0 Å². The fourth-order valence-corrected chi connectivity index (χ4v) is 0.902. The van der Waals surface area contributed by atoms with Crippen LogP contribution in [0.2, 0.25) is 0 Å². The van der Waals surface area contributed by atoms with E-state index in [-0.39, 0.29) is 32.7 Å². The van der Waals surface area contributed by atoms with Gasteiger partial charge in [0.15, 0.2) is 0 Å². The van der Waals surface area contributed by atoms with E-state index in [9.17, 15) is 4.79 Å². The summed E-state index contributed by atoms with van der Waals surface area (Å²) in [7, 11) is 0. The number of carbonyl (C=O) groups excluding carboxylic acids is 1. The molecule has 0 aliphatic rings. The van der Waals surface area contributed by atoms with Crippen molar-refractivity contribution in [3.05, 3.63) is 0 Å². The van der Waals surface area contributed by atoms with Crippen LogP contribution in [0.3, 0.4) is 0 Å². The number of unbranched alkanes of at least 4 members (excludes halogenated alkanes) is 1. The van der Waals surface area contributed by atoms with E-state index in [1.54, 1.807) is 6.29 Å². The van der Waals surface area contributed by atoms with E-state index in [1.807, 2.05) is 0 Å². The zero-order chi connectivity index (χ0) is 11.2. The quantitative estimate of drug-likeness (QED) is 0.403. The average molecular weight is 306 g/mol. The van der Waals surface area contributed by atoms with Crippen LogP contribution in [-0.2, 0) is 51.7 Å². The van der Waals surface area contributed by atoms with Gasteiger partial charge in [-0.05, 0) is 6.42 Å². The molecule has 0 aliphatic carbocycles. The molecule has 0 N–H and O–H groups in total. The van der Waals surface area contributed by atoms with Gasteiger partial charge in [0.1, 0.15) is 0 Å². The molecule has 0 aromatic carbocycles. The number of hydrogen-bond acceptors (Lipinski definition) is 4. The van der Waals surface area contributed by atoms with Crippen LogP contribution in [0.5, 0.6) is 0 Å². The summed E-state index contributed by atoms with van der Waals surface area (Å²) >= 11 is 0. The van der Waals surface area contributed by atoms with E-state index < -0.39 is 0 Å². The maximum Gasteiger partial charge on any atom is 0.0701 e.